The second-order valence-electron chi connectivity index (χ2n) is 4.76. The maximum atomic E-state index is 10.8. The van der Waals surface area contributed by atoms with E-state index in [-0.39, 0.29) is 6.61 Å². The maximum Gasteiger partial charge on any atom is 0.417 e. The summed E-state index contributed by atoms with van der Waals surface area (Å²) in [5.74, 6) is -2.20. The fourth-order valence-corrected chi connectivity index (χ4v) is 1.81. The lowest BCUT2D eigenvalue weighted by atomic mass is 10.1. The molecule has 0 amide bonds. The number of hydrogen-bond donors (Lipinski definition) is 1. The van der Waals surface area contributed by atoms with Gasteiger partial charge < -0.3 is 14.6 Å². The second-order valence-corrected chi connectivity index (χ2v) is 4.76. The maximum absolute atomic E-state index is 10.8. The Bertz CT molecular complexity index is 686. The van der Waals surface area contributed by atoms with Crippen molar-refractivity contribution in [2.24, 2.45) is 0 Å². The Labute approximate surface area is 133 Å². The highest BCUT2D eigenvalue weighted by molar-refractivity contribution is 6.28. The van der Waals surface area contributed by atoms with Crippen LogP contribution in [0.15, 0.2) is 55.1 Å². The quantitative estimate of drug-likeness (QED) is 0.655. The molecule has 0 radical (unpaired) electrons. The summed E-state index contributed by atoms with van der Waals surface area (Å²) in [7, 11) is 0. The van der Waals surface area contributed by atoms with Crippen molar-refractivity contribution >= 4 is 18.0 Å². The normalized spacial score (nSPS) is 9.91. The van der Waals surface area contributed by atoms with E-state index >= 15 is 0 Å². The Balaban J connectivity index is 1.85. The minimum absolute atomic E-state index is 0.0889. The van der Waals surface area contributed by atoms with Crippen LogP contribution in [-0.4, -0.2) is 17.0 Å². The molecule has 0 spiro atoms. The van der Waals surface area contributed by atoms with E-state index in [0.717, 1.165) is 11.1 Å². The van der Waals surface area contributed by atoms with Crippen LogP contribution in [0.1, 0.15) is 16.7 Å². The fraction of sp³-hybridized carbons (Fsp3) is 0.111. The zero-order chi connectivity index (χ0) is 16.7. The van der Waals surface area contributed by atoms with E-state index in [1.807, 2.05) is 24.3 Å². The van der Waals surface area contributed by atoms with Gasteiger partial charge >= 0.3 is 11.9 Å². The summed E-state index contributed by atoms with van der Waals surface area (Å²) in [5.41, 5.74) is 2.77. The zero-order valence-corrected chi connectivity index (χ0v) is 12.4. The van der Waals surface area contributed by atoms with E-state index in [9.17, 15) is 9.59 Å². The predicted molar refractivity (Wildman–Crippen MR) is 84.7 cm³/mol. The van der Waals surface area contributed by atoms with E-state index in [1.165, 1.54) is 0 Å². The summed E-state index contributed by atoms with van der Waals surface area (Å²) in [6.07, 6.45) is 1.78. The molecule has 2 aromatic rings. The lowest BCUT2D eigenvalue weighted by Gasteiger charge is -2.08. The molecule has 0 unspecified atom stereocenters. The molecule has 0 heterocycles. The summed E-state index contributed by atoms with van der Waals surface area (Å²) in [6, 6.07) is 14.8. The molecule has 0 bridgehead atoms. The van der Waals surface area contributed by atoms with E-state index < -0.39 is 11.9 Å². The van der Waals surface area contributed by atoms with Crippen molar-refractivity contribution in [3.63, 3.8) is 0 Å². The Morgan fingerprint density at radius 2 is 1.52 bits per heavy atom. The molecule has 2 rings (SSSR count). The zero-order valence-electron chi connectivity index (χ0n) is 12.4. The van der Waals surface area contributed by atoms with Crippen LogP contribution in [0.2, 0.25) is 0 Å². The summed E-state index contributed by atoms with van der Waals surface area (Å²) >= 11 is 0. The third-order valence-electron chi connectivity index (χ3n) is 3.09. The van der Waals surface area contributed by atoms with E-state index in [0.29, 0.717) is 17.9 Å². The average molecular weight is 312 g/mol. The van der Waals surface area contributed by atoms with Gasteiger partial charge in [-0.05, 0) is 28.8 Å². The minimum atomic E-state index is -1.60. The van der Waals surface area contributed by atoms with Gasteiger partial charge in [-0.1, -0.05) is 49.1 Å². The van der Waals surface area contributed by atoms with Crippen molar-refractivity contribution in [3.05, 3.63) is 71.8 Å². The molecule has 0 aromatic heterocycles. The van der Waals surface area contributed by atoms with Crippen LogP contribution >= 0.6 is 0 Å². The van der Waals surface area contributed by atoms with Crippen LogP contribution in [0, 0.1) is 0 Å². The molecule has 0 saturated heterocycles. The molecule has 1 N–H and O–H groups in total. The van der Waals surface area contributed by atoms with Crippen LogP contribution in [0.5, 0.6) is 5.75 Å². The third kappa shape index (κ3) is 5.00. The molecule has 5 nitrogen and oxygen atoms in total. The van der Waals surface area contributed by atoms with Crippen LogP contribution in [0.4, 0.5) is 0 Å². The number of ether oxygens (including phenoxy) is 2. The number of esters is 1. The summed E-state index contributed by atoms with van der Waals surface area (Å²) in [5, 5.41) is 8.42. The molecule has 118 valence electrons. The first-order chi connectivity index (χ1) is 11.1. The van der Waals surface area contributed by atoms with E-state index in [2.05, 4.69) is 11.3 Å². The fourth-order valence-electron chi connectivity index (χ4n) is 1.81. The number of benzene rings is 2. The van der Waals surface area contributed by atoms with Gasteiger partial charge in [-0.25, -0.2) is 9.59 Å². The monoisotopic (exact) mass is 312 g/mol. The Morgan fingerprint density at radius 3 is 2.09 bits per heavy atom. The molecular weight excluding hydrogens is 296 g/mol. The van der Waals surface area contributed by atoms with Crippen molar-refractivity contribution in [2.45, 2.75) is 13.2 Å². The number of hydrogen-bond acceptors (Lipinski definition) is 4. The molecule has 0 fully saturated rings. The summed E-state index contributed by atoms with van der Waals surface area (Å²) in [6.45, 7) is 4.05. The highest BCUT2D eigenvalue weighted by Crippen LogP contribution is 2.15. The first-order valence-electron chi connectivity index (χ1n) is 6.91. The average Bonchev–Trinajstić information content (AvgIpc) is 2.59. The first kappa shape index (κ1) is 16.3. The van der Waals surface area contributed by atoms with Gasteiger partial charge in [-0.2, -0.15) is 0 Å². The van der Waals surface area contributed by atoms with Gasteiger partial charge in [0.05, 0.1) is 0 Å². The number of carboxylic acids is 1. The lowest BCUT2D eigenvalue weighted by Crippen LogP contribution is -2.15. The number of carbonyl (C=O) groups excluding carboxylic acids is 1. The number of aliphatic carboxylic acids is 1. The van der Waals surface area contributed by atoms with E-state index in [1.54, 1.807) is 30.3 Å². The minimum Gasteiger partial charge on any atom is -0.489 e. The second kappa shape index (κ2) is 7.79. The van der Waals surface area contributed by atoms with Crippen LogP contribution < -0.4 is 4.74 Å². The molecule has 5 heteroatoms. The topological polar surface area (TPSA) is 72.8 Å². The SMILES string of the molecule is C=Cc1ccc(COc2ccc(COC(=O)C(=O)O)cc2)cc1. The summed E-state index contributed by atoms with van der Waals surface area (Å²) in [4.78, 5) is 21.2. The largest absolute Gasteiger partial charge is 0.489 e. The molecule has 0 aliphatic heterocycles. The smallest absolute Gasteiger partial charge is 0.417 e. The number of carbonyl (C=O) groups is 2. The van der Waals surface area contributed by atoms with E-state index in [4.69, 9.17) is 9.84 Å². The molecule has 0 atom stereocenters. The van der Waals surface area contributed by atoms with Gasteiger partial charge in [0.15, 0.2) is 0 Å². The summed E-state index contributed by atoms with van der Waals surface area (Å²) < 4.78 is 10.2. The third-order valence-corrected chi connectivity index (χ3v) is 3.09. The van der Waals surface area contributed by atoms with Crippen LogP contribution in [0.3, 0.4) is 0 Å². The van der Waals surface area contributed by atoms with Gasteiger partial charge in [-0.3, -0.25) is 0 Å². The van der Waals surface area contributed by atoms with Gasteiger partial charge in [0, 0.05) is 0 Å². The molecule has 2 aromatic carbocycles. The standard InChI is InChI=1S/C18H16O5/c1-2-13-3-5-14(6-4-13)11-22-16-9-7-15(8-10-16)12-23-18(21)17(19)20/h2-10H,1,11-12H2,(H,19,20). The Kier molecular flexibility index (Phi) is 5.52. The molecular formula is C18H16O5. The van der Waals surface area contributed by atoms with Crippen molar-refractivity contribution in [2.75, 3.05) is 0 Å². The predicted octanol–water partition coefficient (Wildman–Crippen LogP) is 3.04. The van der Waals surface area contributed by atoms with Gasteiger partial charge in [0.2, 0.25) is 0 Å². The van der Waals surface area contributed by atoms with Crippen LogP contribution in [0.25, 0.3) is 6.08 Å². The van der Waals surface area contributed by atoms with Crippen LogP contribution in [-0.2, 0) is 27.5 Å². The van der Waals surface area contributed by atoms with Gasteiger partial charge in [-0.15, -0.1) is 0 Å². The van der Waals surface area contributed by atoms with Crippen molar-refractivity contribution in [3.8, 4) is 5.75 Å². The molecule has 0 saturated carbocycles. The highest BCUT2D eigenvalue weighted by Gasteiger charge is 2.12. The van der Waals surface area contributed by atoms with Crippen molar-refractivity contribution in [1.82, 2.24) is 0 Å². The Morgan fingerprint density at radius 1 is 0.957 bits per heavy atom. The first-order valence-corrected chi connectivity index (χ1v) is 6.91. The lowest BCUT2D eigenvalue weighted by molar-refractivity contribution is -0.164. The number of carboxylic acid groups (broad SMARTS) is 1. The van der Waals surface area contributed by atoms with Crippen molar-refractivity contribution < 1.29 is 24.2 Å². The van der Waals surface area contributed by atoms with Gasteiger partial charge in [0.1, 0.15) is 19.0 Å². The molecule has 0 aliphatic rings. The molecule has 23 heavy (non-hydrogen) atoms. The van der Waals surface area contributed by atoms with Crippen molar-refractivity contribution in [1.29, 1.82) is 0 Å². The number of rotatable bonds is 6. The Hall–Kier alpha value is -3.08. The molecule has 0 aliphatic carbocycles. The van der Waals surface area contributed by atoms with Gasteiger partial charge in [0.25, 0.3) is 0 Å². The highest BCUT2D eigenvalue weighted by atomic mass is 16.6.